The van der Waals surface area contributed by atoms with Gasteiger partial charge in [-0.3, -0.25) is 0 Å². The first kappa shape index (κ1) is 12.3. The van der Waals surface area contributed by atoms with Crippen molar-refractivity contribution in [3.8, 4) is 0 Å². The Labute approximate surface area is 115 Å². The number of benzene rings is 2. The molecule has 0 radical (unpaired) electrons. The van der Waals surface area contributed by atoms with E-state index in [2.05, 4.69) is 4.99 Å². The fourth-order valence-corrected chi connectivity index (χ4v) is 1.86. The minimum atomic E-state index is -0.534. The molecular formula is C16H10FNO2. The summed E-state index contributed by atoms with van der Waals surface area (Å²) in [4.78, 5) is 15.9. The van der Waals surface area contributed by atoms with Crippen LogP contribution in [0.15, 0.2) is 65.3 Å². The van der Waals surface area contributed by atoms with Gasteiger partial charge in [-0.05, 0) is 29.8 Å². The minimum Gasteiger partial charge on any atom is -0.402 e. The van der Waals surface area contributed by atoms with Crippen LogP contribution in [-0.2, 0) is 9.53 Å². The quantitative estimate of drug-likeness (QED) is 0.619. The second-order valence-corrected chi connectivity index (χ2v) is 4.26. The van der Waals surface area contributed by atoms with Gasteiger partial charge < -0.3 is 4.74 Å². The third kappa shape index (κ3) is 2.49. The van der Waals surface area contributed by atoms with Gasteiger partial charge in [-0.1, -0.05) is 36.4 Å². The molecule has 98 valence electrons. The molecule has 1 aliphatic rings. The third-order valence-corrected chi connectivity index (χ3v) is 2.80. The average molecular weight is 267 g/mol. The summed E-state index contributed by atoms with van der Waals surface area (Å²) in [5, 5.41) is 0. The topological polar surface area (TPSA) is 38.7 Å². The number of ether oxygens (including phenoxy) is 1. The van der Waals surface area contributed by atoms with Gasteiger partial charge in [0, 0.05) is 5.56 Å². The number of cyclic esters (lactones) is 1. The van der Waals surface area contributed by atoms with Gasteiger partial charge in [0.05, 0.1) is 0 Å². The van der Waals surface area contributed by atoms with E-state index in [1.54, 1.807) is 18.2 Å². The molecule has 2 aromatic rings. The number of rotatable bonds is 2. The van der Waals surface area contributed by atoms with E-state index in [1.165, 1.54) is 12.1 Å². The van der Waals surface area contributed by atoms with Crippen LogP contribution < -0.4 is 0 Å². The second kappa shape index (κ2) is 5.09. The number of nitrogens with zero attached hydrogens (tertiary/aromatic N) is 1. The zero-order valence-electron chi connectivity index (χ0n) is 10.4. The Morgan fingerprint density at radius 3 is 2.60 bits per heavy atom. The van der Waals surface area contributed by atoms with Crippen LogP contribution in [0.3, 0.4) is 0 Å². The highest BCUT2D eigenvalue weighted by molar-refractivity contribution is 6.12. The molecule has 0 atom stereocenters. The summed E-state index contributed by atoms with van der Waals surface area (Å²) in [5.74, 6) is -0.813. The molecule has 0 saturated carbocycles. The first-order valence-corrected chi connectivity index (χ1v) is 6.06. The summed E-state index contributed by atoms with van der Waals surface area (Å²) < 4.78 is 18.2. The smallest absolute Gasteiger partial charge is 0.363 e. The molecule has 0 unspecified atom stereocenters. The van der Waals surface area contributed by atoms with Crippen molar-refractivity contribution in [2.24, 2.45) is 4.99 Å². The van der Waals surface area contributed by atoms with Crippen LogP contribution in [0, 0.1) is 5.82 Å². The van der Waals surface area contributed by atoms with E-state index in [-0.39, 0.29) is 11.6 Å². The Hall–Kier alpha value is -2.75. The van der Waals surface area contributed by atoms with E-state index in [0.29, 0.717) is 5.56 Å². The number of aliphatic imine (C=N–C) groups is 1. The summed E-state index contributed by atoms with van der Waals surface area (Å²) in [7, 11) is 0. The Kier molecular flexibility index (Phi) is 3.13. The predicted molar refractivity (Wildman–Crippen MR) is 73.4 cm³/mol. The van der Waals surface area contributed by atoms with Crippen LogP contribution in [0.1, 0.15) is 11.1 Å². The fourth-order valence-electron chi connectivity index (χ4n) is 1.86. The zero-order chi connectivity index (χ0) is 13.9. The number of hydrogen-bond acceptors (Lipinski definition) is 3. The van der Waals surface area contributed by atoms with Gasteiger partial charge in [-0.25, -0.2) is 14.2 Å². The summed E-state index contributed by atoms with van der Waals surface area (Å²) in [5.41, 5.74) is 1.49. The Morgan fingerprint density at radius 1 is 1.05 bits per heavy atom. The monoisotopic (exact) mass is 267 g/mol. The minimum absolute atomic E-state index is 0.122. The summed E-state index contributed by atoms with van der Waals surface area (Å²) in [6.07, 6.45) is 1.63. The number of hydrogen-bond donors (Lipinski definition) is 0. The van der Waals surface area contributed by atoms with Crippen molar-refractivity contribution in [2.45, 2.75) is 0 Å². The maximum absolute atomic E-state index is 13.2. The van der Waals surface area contributed by atoms with Crippen LogP contribution in [0.4, 0.5) is 4.39 Å². The Balaban J connectivity index is 1.95. The van der Waals surface area contributed by atoms with Crippen LogP contribution in [0.2, 0.25) is 0 Å². The van der Waals surface area contributed by atoms with E-state index in [9.17, 15) is 9.18 Å². The molecule has 0 aromatic heterocycles. The summed E-state index contributed by atoms with van der Waals surface area (Å²) in [6, 6.07) is 15.1. The first-order chi connectivity index (χ1) is 9.72. The molecule has 1 heterocycles. The molecule has 0 fully saturated rings. The molecule has 1 aliphatic heterocycles. The second-order valence-electron chi connectivity index (χ2n) is 4.26. The zero-order valence-corrected chi connectivity index (χ0v) is 10.4. The Bertz CT molecular complexity index is 720. The van der Waals surface area contributed by atoms with Crippen molar-refractivity contribution in [1.29, 1.82) is 0 Å². The maximum atomic E-state index is 13.2. The summed E-state index contributed by atoms with van der Waals surface area (Å²) >= 11 is 0. The van der Waals surface area contributed by atoms with Gasteiger partial charge in [0.2, 0.25) is 5.90 Å². The van der Waals surface area contributed by atoms with Crippen molar-refractivity contribution in [3.63, 3.8) is 0 Å². The number of carbonyl (C=O) groups is 1. The van der Waals surface area contributed by atoms with Gasteiger partial charge in [0.25, 0.3) is 0 Å². The lowest BCUT2D eigenvalue weighted by atomic mass is 10.2. The van der Waals surface area contributed by atoms with Gasteiger partial charge in [0.1, 0.15) is 5.82 Å². The highest BCUT2D eigenvalue weighted by Crippen LogP contribution is 2.19. The number of carbonyl (C=O) groups excluding carboxylic acids is 1. The van der Waals surface area contributed by atoms with Crippen molar-refractivity contribution < 1.29 is 13.9 Å². The highest BCUT2D eigenvalue weighted by atomic mass is 19.1. The van der Waals surface area contributed by atoms with Gasteiger partial charge in [0.15, 0.2) is 5.70 Å². The molecule has 0 N–H and O–H groups in total. The average Bonchev–Trinajstić information content (AvgIpc) is 2.81. The molecule has 20 heavy (non-hydrogen) atoms. The van der Waals surface area contributed by atoms with Gasteiger partial charge in [-0.2, -0.15) is 0 Å². The van der Waals surface area contributed by atoms with Crippen LogP contribution in [0.5, 0.6) is 0 Å². The molecule has 2 aromatic carbocycles. The Morgan fingerprint density at radius 2 is 1.85 bits per heavy atom. The van der Waals surface area contributed by atoms with E-state index in [4.69, 9.17) is 4.74 Å². The molecule has 3 nitrogen and oxygen atoms in total. The van der Waals surface area contributed by atoms with E-state index in [0.717, 1.165) is 5.56 Å². The molecule has 0 aliphatic carbocycles. The van der Waals surface area contributed by atoms with Crippen molar-refractivity contribution in [3.05, 3.63) is 77.2 Å². The number of esters is 1. The largest absolute Gasteiger partial charge is 0.402 e. The van der Waals surface area contributed by atoms with Crippen molar-refractivity contribution in [1.82, 2.24) is 0 Å². The molecule has 0 spiro atoms. The molecule has 3 rings (SSSR count). The standard InChI is InChI=1S/C16H10FNO2/c17-13-8-4-7-12(10-13)15-18-14(16(19)20-15)9-11-5-2-1-3-6-11/h1-10H. The van der Waals surface area contributed by atoms with Crippen LogP contribution >= 0.6 is 0 Å². The number of halogens is 1. The van der Waals surface area contributed by atoms with Crippen LogP contribution in [0.25, 0.3) is 6.08 Å². The van der Waals surface area contributed by atoms with E-state index < -0.39 is 11.8 Å². The van der Waals surface area contributed by atoms with Crippen molar-refractivity contribution >= 4 is 17.9 Å². The first-order valence-electron chi connectivity index (χ1n) is 6.06. The fraction of sp³-hybridized carbons (Fsp3) is 0. The molecule has 4 heteroatoms. The molecule has 0 bridgehead atoms. The predicted octanol–water partition coefficient (Wildman–Crippen LogP) is 3.17. The van der Waals surface area contributed by atoms with Gasteiger partial charge in [-0.15, -0.1) is 0 Å². The lowest BCUT2D eigenvalue weighted by Gasteiger charge is -1.98. The summed E-state index contributed by atoms with van der Waals surface area (Å²) in [6.45, 7) is 0. The molecule has 0 amide bonds. The molecule has 0 saturated heterocycles. The normalized spacial score (nSPS) is 16.1. The van der Waals surface area contributed by atoms with Crippen LogP contribution in [-0.4, -0.2) is 11.9 Å². The van der Waals surface area contributed by atoms with Crippen molar-refractivity contribution in [2.75, 3.05) is 0 Å². The SMILES string of the molecule is O=C1OC(c2cccc(F)c2)=NC1=Cc1ccccc1. The maximum Gasteiger partial charge on any atom is 0.363 e. The lowest BCUT2D eigenvalue weighted by Crippen LogP contribution is -2.05. The molecular weight excluding hydrogens is 257 g/mol. The van der Waals surface area contributed by atoms with E-state index >= 15 is 0 Å². The van der Waals surface area contributed by atoms with E-state index in [1.807, 2.05) is 30.3 Å². The van der Waals surface area contributed by atoms with Gasteiger partial charge >= 0.3 is 5.97 Å². The third-order valence-electron chi connectivity index (χ3n) is 2.80. The highest BCUT2D eigenvalue weighted by Gasteiger charge is 2.24. The lowest BCUT2D eigenvalue weighted by molar-refractivity contribution is -0.129.